The SMILES string of the molecule is CN(C)CCNC(=O)CCn1ncc2cc(-c3c[nH]c4cc(F)ccc34)ccc21.[HH].[HH]. The molecule has 2 aromatic carbocycles. The summed E-state index contributed by atoms with van der Waals surface area (Å²) in [6, 6.07) is 10.9. The van der Waals surface area contributed by atoms with Crippen LogP contribution in [-0.4, -0.2) is 52.8 Å². The first kappa shape index (κ1) is 19.1. The zero-order valence-electron chi connectivity index (χ0n) is 16.6. The molecule has 1 amide bonds. The molecular formula is C22H28FN5O. The second-order valence-corrected chi connectivity index (χ2v) is 7.44. The number of rotatable bonds is 7. The average molecular weight is 397 g/mol. The van der Waals surface area contributed by atoms with Crippen LogP contribution in [0.2, 0.25) is 0 Å². The Kier molecular flexibility index (Phi) is 5.31. The van der Waals surface area contributed by atoms with Gasteiger partial charge in [-0.1, -0.05) is 6.07 Å². The fraction of sp³-hybridized carbons (Fsp3) is 0.273. The smallest absolute Gasteiger partial charge is 0.221 e. The quantitative estimate of drug-likeness (QED) is 0.497. The maximum Gasteiger partial charge on any atom is 0.221 e. The molecule has 0 atom stereocenters. The Labute approximate surface area is 171 Å². The molecular weight excluding hydrogens is 369 g/mol. The lowest BCUT2D eigenvalue weighted by Gasteiger charge is -2.10. The Morgan fingerprint density at radius 1 is 1.28 bits per heavy atom. The number of hydrogen-bond acceptors (Lipinski definition) is 3. The maximum atomic E-state index is 13.4. The van der Waals surface area contributed by atoms with E-state index in [0.29, 0.717) is 19.5 Å². The van der Waals surface area contributed by atoms with Crippen molar-refractivity contribution in [2.75, 3.05) is 27.2 Å². The fourth-order valence-electron chi connectivity index (χ4n) is 3.48. The largest absolute Gasteiger partial charge is 0.360 e. The van der Waals surface area contributed by atoms with Gasteiger partial charge in [-0.05, 0) is 50.0 Å². The van der Waals surface area contributed by atoms with E-state index in [1.54, 1.807) is 6.07 Å². The van der Waals surface area contributed by atoms with E-state index in [1.807, 2.05) is 48.2 Å². The van der Waals surface area contributed by atoms with E-state index in [2.05, 4.69) is 21.5 Å². The van der Waals surface area contributed by atoms with Crippen molar-refractivity contribution in [3.8, 4) is 11.1 Å². The number of nitrogens with one attached hydrogen (secondary N) is 2. The zero-order chi connectivity index (χ0) is 20.4. The highest BCUT2D eigenvalue weighted by molar-refractivity contribution is 5.97. The molecule has 29 heavy (non-hydrogen) atoms. The first-order chi connectivity index (χ1) is 14.0. The lowest BCUT2D eigenvalue weighted by molar-refractivity contribution is -0.121. The van der Waals surface area contributed by atoms with Crippen LogP contribution in [0.1, 0.15) is 9.27 Å². The van der Waals surface area contributed by atoms with Crippen LogP contribution in [0, 0.1) is 5.82 Å². The summed E-state index contributed by atoms with van der Waals surface area (Å²) in [7, 11) is 3.95. The van der Waals surface area contributed by atoms with Crippen molar-refractivity contribution >= 4 is 27.7 Å². The number of fused-ring (bicyclic) bond motifs is 2. The number of hydrogen-bond donors (Lipinski definition) is 2. The van der Waals surface area contributed by atoms with Crippen LogP contribution < -0.4 is 5.32 Å². The number of amides is 1. The molecule has 0 spiro atoms. The third-order valence-electron chi connectivity index (χ3n) is 5.03. The summed E-state index contributed by atoms with van der Waals surface area (Å²) in [6.07, 6.45) is 4.10. The van der Waals surface area contributed by atoms with Crippen LogP contribution in [0.15, 0.2) is 48.8 Å². The van der Waals surface area contributed by atoms with Gasteiger partial charge in [-0.15, -0.1) is 0 Å². The molecule has 0 radical (unpaired) electrons. The van der Waals surface area contributed by atoms with Gasteiger partial charge in [-0.25, -0.2) is 4.39 Å². The minimum atomic E-state index is -0.256. The maximum absolute atomic E-state index is 13.4. The molecule has 0 aliphatic heterocycles. The molecule has 0 unspecified atom stereocenters. The molecule has 6 nitrogen and oxygen atoms in total. The third kappa shape index (κ3) is 4.14. The summed E-state index contributed by atoms with van der Waals surface area (Å²) in [5.74, 6) is -0.230. The molecule has 2 aromatic heterocycles. The number of nitrogens with zero attached hydrogens (tertiary/aromatic N) is 3. The molecule has 2 N–H and O–H groups in total. The predicted molar refractivity (Wildman–Crippen MR) is 117 cm³/mol. The Balaban J connectivity index is 0.00000171. The molecule has 2 heterocycles. The molecule has 4 rings (SSSR count). The topological polar surface area (TPSA) is 66.0 Å². The predicted octanol–water partition coefficient (Wildman–Crippen LogP) is 3.88. The first-order valence-electron chi connectivity index (χ1n) is 9.65. The Morgan fingerprint density at radius 3 is 2.97 bits per heavy atom. The van der Waals surface area contributed by atoms with Crippen molar-refractivity contribution in [3.05, 3.63) is 54.6 Å². The van der Waals surface area contributed by atoms with E-state index >= 15 is 0 Å². The number of benzene rings is 2. The van der Waals surface area contributed by atoms with Crippen LogP contribution >= 0.6 is 0 Å². The van der Waals surface area contributed by atoms with E-state index in [1.165, 1.54) is 12.1 Å². The normalized spacial score (nSPS) is 11.6. The molecule has 0 saturated heterocycles. The van der Waals surface area contributed by atoms with Gasteiger partial charge in [0.2, 0.25) is 5.91 Å². The molecule has 154 valence electrons. The van der Waals surface area contributed by atoms with Gasteiger partial charge in [0.1, 0.15) is 5.82 Å². The molecule has 0 aliphatic rings. The van der Waals surface area contributed by atoms with Gasteiger partial charge < -0.3 is 15.2 Å². The van der Waals surface area contributed by atoms with Crippen molar-refractivity contribution in [1.82, 2.24) is 25.0 Å². The van der Waals surface area contributed by atoms with Crippen molar-refractivity contribution in [2.45, 2.75) is 13.0 Å². The Hall–Kier alpha value is -3.19. The third-order valence-corrected chi connectivity index (χ3v) is 5.03. The summed E-state index contributed by atoms with van der Waals surface area (Å²) in [5.41, 5.74) is 3.82. The fourth-order valence-corrected chi connectivity index (χ4v) is 3.48. The monoisotopic (exact) mass is 397 g/mol. The summed E-state index contributed by atoms with van der Waals surface area (Å²) >= 11 is 0. The molecule has 0 fully saturated rings. The van der Waals surface area contributed by atoms with Crippen molar-refractivity contribution in [2.24, 2.45) is 0 Å². The number of aromatic nitrogens is 3. The summed E-state index contributed by atoms with van der Waals surface area (Å²) in [5, 5.41) is 9.35. The highest BCUT2D eigenvalue weighted by atomic mass is 19.1. The number of carbonyl (C=O) groups is 1. The standard InChI is InChI=1S/C22H24FN5O.2H2/c1-27(2)10-8-24-22(29)7-9-28-21-6-3-15(11-16(21)13-26-28)19-14-25-20-12-17(23)4-5-18(19)20;;/h3-6,11-14,25H,7-10H2,1-2H3,(H,24,29);2*1H. The molecule has 7 heteroatoms. The van der Waals surface area contributed by atoms with Crippen molar-refractivity contribution in [3.63, 3.8) is 0 Å². The summed E-state index contributed by atoms with van der Waals surface area (Å²) < 4.78 is 15.3. The Morgan fingerprint density at radius 2 is 2.14 bits per heavy atom. The van der Waals surface area contributed by atoms with Crippen LogP contribution in [0.5, 0.6) is 0 Å². The van der Waals surface area contributed by atoms with E-state index in [0.717, 1.165) is 39.5 Å². The van der Waals surface area contributed by atoms with Gasteiger partial charge in [-0.2, -0.15) is 5.10 Å². The van der Waals surface area contributed by atoms with Gasteiger partial charge in [0.05, 0.1) is 18.3 Å². The first-order valence-corrected chi connectivity index (χ1v) is 9.65. The number of aryl methyl sites for hydroxylation is 1. The Bertz CT molecular complexity index is 1170. The van der Waals surface area contributed by atoms with Gasteiger partial charge in [-0.3, -0.25) is 9.48 Å². The number of aromatic amines is 1. The summed E-state index contributed by atoms with van der Waals surface area (Å²) in [4.78, 5) is 17.2. The number of carbonyl (C=O) groups excluding carboxylic acids is 1. The van der Waals surface area contributed by atoms with E-state index in [-0.39, 0.29) is 14.6 Å². The van der Waals surface area contributed by atoms with Crippen LogP contribution in [-0.2, 0) is 11.3 Å². The van der Waals surface area contributed by atoms with Gasteiger partial charge in [0, 0.05) is 50.4 Å². The van der Waals surface area contributed by atoms with Gasteiger partial charge >= 0.3 is 0 Å². The van der Waals surface area contributed by atoms with E-state index < -0.39 is 0 Å². The van der Waals surface area contributed by atoms with Gasteiger partial charge in [0.15, 0.2) is 0 Å². The van der Waals surface area contributed by atoms with Crippen LogP contribution in [0.4, 0.5) is 4.39 Å². The molecule has 0 bridgehead atoms. The van der Waals surface area contributed by atoms with E-state index in [4.69, 9.17) is 0 Å². The highest BCUT2D eigenvalue weighted by Gasteiger charge is 2.10. The number of H-pyrrole nitrogens is 1. The molecule has 4 aromatic rings. The lowest BCUT2D eigenvalue weighted by atomic mass is 10.0. The molecule has 0 aliphatic carbocycles. The number of likely N-dealkylation sites (N-methyl/N-ethyl adjacent to an activating group) is 1. The number of halogens is 1. The van der Waals surface area contributed by atoms with Crippen molar-refractivity contribution in [1.29, 1.82) is 0 Å². The zero-order valence-corrected chi connectivity index (χ0v) is 16.6. The molecule has 0 saturated carbocycles. The summed E-state index contributed by atoms with van der Waals surface area (Å²) in [6.45, 7) is 1.99. The minimum Gasteiger partial charge on any atom is -0.360 e. The van der Waals surface area contributed by atoms with Crippen molar-refractivity contribution < 1.29 is 12.0 Å². The highest BCUT2D eigenvalue weighted by Crippen LogP contribution is 2.31. The lowest BCUT2D eigenvalue weighted by Crippen LogP contribution is -2.31. The average Bonchev–Trinajstić information content (AvgIpc) is 3.29. The van der Waals surface area contributed by atoms with E-state index in [9.17, 15) is 9.18 Å². The second-order valence-electron chi connectivity index (χ2n) is 7.44. The minimum absolute atomic E-state index is 0. The van der Waals surface area contributed by atoms with Crippen LogP contribution in [0.3, 0.4) is 0 Å². The van der Waals surface area contributed by atoms with Gasteiger partial charge in [0.25, 0.3) is 0 Å². The van der Waals surface area contributed by atoms with Crippen LogP contribution in [0.25, 0.3) is 32.9 Å². The second kappa shape index (κ2) is 8.05.